The molecule has 0 aliphatic carbocycles. The molecule has 0 atom stereocenters. The van der Waals surface area contributed by atoms with Crippen LogP contribution < -0.4 is 0 Å². The normalized spacial score (nSPS) is 10.9. The average molecular weight is 290 g/mol. The van der Waals surface area contributed by atoms with E-state index in [2.05, 4.69) is 4.99 Å². The lowest BCUT2D eigenvalue weighted by atomic mass is 10.2. The van der Waals surface area contributed by atoms with Crippen molar-refractivity contribution in [3.63, 3.8) is 0 Å². The lowest BCUT2D eigenvalue weighted by Crippen LogP contribution is -1.88. The van der Waals surface area contributed by atoms with Crippen LogP contribution in [0, 0.1) is 15.9 Å². The maximum absolute atomic E-state index is 13.5. The zero-order valence-electron chi connectivity index (χ0n) is 10.6. The quantitative estimate of drug-likeness (QED) is 0.367. The molecule has 0 heterocycles. The van der Waals surface area contributed by atoms with Crippen molar-refractivity contribution >= 4 is 29.4 Å². The first-order valence-corrected chi connectivity index (χ1v) is 6.94. The Kier molecular flexibility index (Phi) is 4.47. The largest absolute Gasteiger partial charge is 0.271 e. The number of rotatable bonds is 4. The van der Waals surface area contributed by atoms with Crippen LogP contribution in [0.1, 0.15) is 5.56 Å². The molecular weight excluding hydrogens is 279 g/mol. The van der Waals surface area contributed by atoms with E-state index in [1.54, 1.807) is 11.8 Å². The van der Waals surface area contributed by atoms with Crippen LogP contribution in [0.3, 0.4) is 0 Å². The van der Waals surface area contributed by atoms with Crippen LogP contribution in [0.5, 0.6) is 0 Å². The van der Waals surface area contributed by atoms with Gasteiger partial charge in [-0.3, -0.25) is 15.1 Å². The predicted octanol–water partition coefficient (Wildman–Crippen LogP) is 4.21. The third-order valence-electron chi connectivity index (χ3n) is 2.61. The molecule has 0 aliphatic heterocycles. The SMILES string of the molecule is CSc1ccc(C=Nc2cc([N+](=O)[O-])ccc2F)cc1. The summed E-state index contributed by atoms with van der Waals surface area (Å²) < 4.78 is 13.5. The van der Waals surface area contributed by atoms with E-state index >= 15 is 0 Å². The Morgan fingerprint density at radius 3 is 2.55 bits per heavy atom. The van der Waals surface area contributed by atoms with Gasteiger partial charge in [0.15, 0.2) is 0 Å². The summed E-state index contributed by atoms with van der Waals surface area (Å²) in [7, 11) is 0. The van der Waals surface area contributed by atoms with E-state index in [9.17, 15) is 14.5 Å². The smallest absolute Gasteiger partial charge is 0.258 e. The first kappa shape index (κ1) is 14.2. The number of thioether (sulfide) groups is 1. The molecule has 0 aromatic heterocycles. The van der Waals surface area contributed by atoms with Crippen molar-refractivity contribution in [3.8, 4) is 0 Å². The van der Waals surface area contributed by atoms with Gasteiger partial charge in [0, 0.05) is 23.2 Å². The van der Waals surface area contributed by atoms with Crippen LogP contribution in [0.2, 0.25) is 0 Å². The predicted molar refractivity (Wildman–Crippen MR) is 78.5 cm³/mol. The molecule has 0 saturated heterocycles. The third kappa shape index (κ3) is 3.42. The highest BCUT2D eigenvalue weighted by atomic mass is 32.2. The molecule has 2 aromatic carbocycles. The number of nitro groups is 1. The molecule has 0 spiro atoms. The number of nitro benzene ring substituents is 1. The van der Waals surface area contributed by atoms with E-state index in [0.717, 1.165) is 28.7 Å². The summed E-state index contributed by atoms with van der Waals surface area (Å²) >= 11 is 1.62. The molecule has 6 heteroatoms. The zero-order chi connectivity index (χ0) is 14.5. The molecule has 0 unspecified atom stereocenters. The highest BCUT2D eigenvalue weighted by Crippen LogP contribution is 2.24. The molecule has 102 valence electrons. The van der Waals surface area contributed by atoms with Gasteiger partial charge in [-0.05, 0) is 30.0 Å². The van der Waals surface area contributed by atoms with Crippen molar-refractivity contribution in [2.75, 3.05) is 6.26 Å². The van der Waals surface area contributed by atoms with Gasteiger partial charge in [-0.1, -0.05) is 12.1 Å². The van der Waals surface area contributed by atoms with Crippen molar-refractivity contribution in [1.82, 2.24) is 0 Å². The first-order chi connectivity index (χ1) is 9.60. The second-order valence-electron chi connectivity index (χ2n) is 3.92. The van der Waals surface area contributed by atoms with E-state index in [4.69, 9.17) is 0 Å². The Hall–Kier alpha value is -2.21. The summed E-state index contributed by atoms with van der Waals surface area (Å²) in [6, 6.07) is 10.8. The Labute approximate surface area is 119 Å². The van der Waals surface area contributed by atoms with Crippen LogP contribution >= 0.6 is 11.8 Å². The van der Waals surface area contributed by atoms with Crippen LogP contribution in [-0.4, -0.2) is 17.4 Å². The molecule has 0 fully saturated rings. The van der Waals surface area contributed by atoms with Gasteiger partial charge in [-0.2, -0.15) is 0 Å². The second kappa shape index (κ2) is 6.29. The maximum atomic E-state index is 13.5. The number of hydrogen-bond acceptors (Lipinski definition) is 4. The van der Waals surface area contributed by atoms with Crippen molar-refractivity contribution < 1.29 is 9.31 Å². The second-order valence-corrected chi connectivity index (χ2v) is 4.80. The summed E-state index contributed by atoms with van der Waals surface area (Å²) in [5.41, 5.74) is 0.568. The number of non-ortho nitro benzene ring substituents is 1. The summed E-state index contributed by atoms with van der Waals surface area (Å²) in [5.74, 6) is -0.590. The molecule has 2 aromatic rings. The minimum Gasteiger partial charge on any atom is -0.258 e. The highest BCUT2D eigenvalue weighted by molar-refractivity contribution is 7.98. The molecule has 20 heavy (non-hydrogen) atoms. The van der Waals surface area contributed by atoms with E-state index in [1.807, 2.05) is 30.5 Å². The van der Waals surface area contributed by atoms with Gasteiger partial charge in [0.2, 0.25) is 0 Å². The van der Waals surface area contributed by atoms with Gasteiger partial charge >= 0.3 is 0 Å². The number of benzene rings is 2. The van der Waals surface area contributed by atoms with Crippen molar-refractivity contribution in [1.29, 1.82) is 0 Å². The molecular formula is C14H11FN2O2S. The lowest BCUT2D eigenvalue weighted by Gasteiger charge is -1.98. The first-order valence-electron chi connectivity index (χ1n) is 5.72. The molecule has 0 N–H and O–H groups in total. The van der Waals surface area contributed by atoms with Crippen LogP contribution in [0.25, 0.3) is 0 Å². The Balaban J connectivity index is 2.25. The van der Waals surface area contributed by atoms with Crippen LogP contribution in [0.15, 0.2) is 52.4 Å². The van der Waals surface area contributed by atoms with E-state index < -0.39 is 10.7 Å². The van der Waals surface area contributed by atoms with Crippen LogP contribution in [0.4, 0.5) is 15.8 Å². The van der Waals surface area contributed by atoms with Gasteiger partial charge in [0.25, 0.3) is 5.69 Å². The number of hydrogen-bond donors (Lipinski definition) is 0. The number of aliphatic imine (C=N–C) groups is 1. The van der Waals surface area contributed by atoms with E-state index in [1.165, 1.54) is 6.21 Å². The van der Waals surface area contributed by atoms with E-state index in [-0.39, 0.29) is 11.4 Å². The zero-order valence-corrected chi connectivity index (χ0v) is 11.4. The standard InChI is InChI=1S/C14H11FN2O2S/c1-20-12-5-2-10(3-6-12)9-16-14-8-11(17(18)19)4-7-13(14)15/h2-9H,1H3. The van der Waals surface area contributed by atoms with Crippen molar-refractivity contribution in [3.05, 3.63) is 64.0 Å². The molecule has 0 aliphatic rings. The van der Waals surface area contributed by atoms with Crippen LogP contribution in [-0.2, 0) is 0 Å². The van der Waals surface area contributed by atoms with Crippen molar-refractivity contribution in [2.45, 2.75) is 4.90 Å². The topological polar surface area (TPSA) is 55.5 Å². The molecule has 2 rings (SSSR count). The Morgan fingerprint density at radius 1 is 1.25 bits per heavy atom. The van der Waals surface area contributed by atoms with Gasteiger partial charge in [0.1, 0.15) is 11.5 Å². The fraction of sp³-hybridized carbons (Fsp3) is 0.0714. The molecule has 0 radical (unpaired) electrons. The molecule has 0 amide bonds. The number of nitrogens with zero attached hydrogens (tertiary/aromatic N) is 2. The molecule has 0 saturated carbocycles. The van der Waals surface area contributed by atoms with Crippen molar-refractivity contribution in [2.24, 2.45) is 4.99 Å². The summed E-state index contributed by atoms with van der Waals surface area (Å²) in [4.78, 5) is 15.1. The highest BCUT2D eigenvalue weighted by Gasteiger charge is 2.09. The van der Waals surface area contributed by atoms with Gasteiger partial charge < -0.3 is 0 Å². The fourth-order valence-electron chi connectivity index (χ4n) is 1.55. The minimum atomic E-state index is -0.590. The minimum absolute atomic E-state index is 0.0480. The summed E-state index contributed by atoms with van der Waals surface area (Å²) in [5, 5.41) is 10.6. The van der Waals surface area contributed by atoms with Gasteiger partial charge in [0.05, 0.1) is 4.92 Å². The monoisotopic (exact) mass is 290 g/mol. The van der Waals surface area contributed by atoms with Gasteiger partial charge in [-0.15, -0.1) is 11.8 Å². The Bertz CT molecular complexity index is 657. The maximum Gasteiger partial charge on any atom is 0.271 e. The lowest BCUT2D eigenvalue weighted by molar-refractivity contribution is -0.384. The van der Waals surface area contributed by atoms with E-state index in [0.29, 0.717) is 0 Å². The summed E-state index contributed by atoms with van der Waals surface area (Å²) in [6.45, 7) is 0. The number of halogens is 1. The average Bonchev–Trinajstić information content (AvgIpc) is 2.46. The summed E-state index contributed by atoms with van der Waals surface area (Å²) in [6.07, 6.45) is 3.45. The fourth-order valence-corrected chi connectivity index (χ4v) is 1.96. The third-order valence-corrected chi connectivity index (χ3v) is 3.35. The Morgan fingerprint density at radius 2 is 1.95 bits per heavy atom. The molecule has 0 bridgehead atoms. The van der Waals surface area contributed by atoms with Gasteiger partial charge in [-0.25, -0.2) is 4.39 Å². The molecule has 4 nitrogen and oxygen atoms in total.